The lowest BCUT2D eigenvalue weighted by atomic mass is 10.2. The Bertz CT molecular complexity index is 703. The number of carbonyl (C=O) groups is 2. The monoisotopic (exact) mass is 362 g/mol. The zero-order valence-electron chi connectivity index (χ0n) is 13.2. The number of rotatable bonds is 6. The third-order valence-electron chi connectivity index (χ3n) is 2.82. The van der Waals surface area contributed by atoms with Crippen molar-refractivity contribution in [2.75, 3.05) is 7.05 Å². The lowest BCUT2D eigenvalue weighted by Crippen LogP contribution is -2.39. The highest BCUT2D eigenvalue weighted by atomic mass is 35.5. The second kappa shape index (κ2) is 7.76. The molecule has 0 aliphatic heterocycles. The smallest absolute Gasteiger partial charge is 0.340 e. The van der Waals surface area contributed by atoms with Crippen LogP contribution in [0.3, 0.4) is 0 Å². The van der Waals surface area contributed by atoms with Crippen molar-refractivity contribution >= 4 is 33.5 Å². The Morgan fingerprint density at radius 3 is 2.35 bits per heavy atom. The van der Waals surface area contributed by atoms with E-state index in [0.29, 0.717) is 0 Å². The van der Waals surface area contributed by atoms with Gasteiger partial charge in [0.25, 0.3) is 5.91 Å². The lowest BCUT2D eigenvalue weighted by molar-refractivity contribution is -0.129. The highest BCUT2D eigenvalue weighted by Crippen LogP contribution is 2.21. The normalized spacial score (nSPS) is 12.8. The summed E-state index contributed by atoms with van der Waals surface area (Å²) in [7, 11) is -2.48. The molecule has 0 fully saturated rings. The molecule has 7 nitrogen and oxygen atoms in total. The Morgan fingerprint density at radius 1 is 1.22 bits per heavy atom. The van der Waals surface area contributed by atoms with Crippen LogP contribution < -0.4 is 10.0 Å². The SMILES string of the molecule is CNS(=O)(=O)c1ccc(Cl)c(C(=O)O[C@@H](C)C(=O)NC(C)C)c1. The summed E-state index contributed by atoms with van der Waals surface area (Å²) in [4.78, 5) is 23.8. The van der Waals surface area contributed by atoms with E-state index in [0.717, 1.165) is 6.07 Å². The number of halogens is 1. The Hall–Kier alpha value is -1.64. The third-order valence-corrected chi connectivity index (χ3v) is 4.56. The van der Waals surface area contributed by atoms with Gasteiger partial charge in [0.1, 0.15) is 0 Å². The summed E-state index contributed by atoms with van der Waals surface area (Å²) >= 11 is 5.92. The van der Waals surface area contributed by atoms with Crippen LogP contribution in [0.4, 0.5) is 0 Å². The van der Waals surface area contributed by atoms with E-state index < -0.39 is 28.0 Å². The standard InChI is InChI=1S/C14H19ClN2O5S/c1-8(2)17-13(18)9(3)22-14(19)11-7-10(5-6-12(11)15)23(20,21)16-4/h5-9,16H,1-4H3,(H,17,18)/t9-/m0/s1. The van der Waals surface area contributed by atoms with E-state index in [9.17, 15) is 18.0 Å². The molecule has 0 aliphatic carbocycles. The number of nitrogens with one attached hydrogen (secondary N) is 2. The number of hydrogen-bond acceptors (Lipinski definition) is 5. The fourth-order valence-corrected chi connectivity index (χ4v) is 2.58. The van der Waals surface area contributed by atoms with Gasteiger partial charge in [0.2, 0.25) is 10.0 Å². The zero-order valence-corrected chi connectivity index (χ0v) is 14.8. The quantitative estimate of drug-likeness (QED) is 0.743. The van der Waals surface area contributed by atoms with Crippen molar-refractivity contribution in [1.29, 1.82) is 0 Å². The van der Waals surface area contributed by atoms with Gasteiger partial charge in [-0.15, -0.1) is 0 Å². The Balaban J connectivity index is 3.00. The second-order valence-electron chi connectivity index (χ2n) is 5.06. The van der Waals surface area contributed by atoms with Gasteiger partial charge in [-0.05, 0) is 46.0 Å². The van der Waals surface area contributed by atoms with Gasteiger partial charge in [0, 0.05) is 6.04 Å². The predicted octanol–water partition coefficient (Wildman–Crippen LogP) is 1.32. The molecule has 0 radical (unpaired) electrons. The average molecular weight is 363 g/mol. The molecule has 1 atom stereocenters. The lowest BCUT2D eigenvalue weighted by Gasteiger charge is -2.16. The fraction of sp³-hybridized carbons (Fsp3) is 0.429. The third kappa shape index (κ3) is 5.19. The minimum atomic E-state index is -3.73. The molecule has 0 bridgehead atoms. The van der Waals surface area contributed by atoms with E-state index in [4.69, 9.17) is 16.3 Å². The van der Waals surface area contributed by atoms with Crippen molar-refractivity contribution in [2.45, 2.75) is 37.8 Å². The molecule has 0 aromatic heterocycles. The maximum atomic E-state index is 12.1. The van der Waals surface area contributed by atoms with Gasteiger partial charge >= 0.3 is 5.97 Å². The van der Waals surface area contributed by atoms with E-state index >= 15 is 0 Å². The highest BCUT2D eigenvalue weighted by molar-refractivity contribution is 7.89. The Kier molecular flexibility index (Phi) is 6.55. The van der Waals surface area contributed by atoms with E-state index in [1.165, 1.54) is 26.1 Å². The van der Waals surface area contributed by atoms with Crippen LogP contribution in [-0.2, 0) is 19.6 Å². The molecule has 1 amide bonds. The number of benzene rings is 1. The molecule has 9 heteroatoms. The topological polar surface area (TPSA) is 102 Å². The van der Waals surface area contributed by atoms with Crippen LogP contribution in [0, 0.1) is 0 Å². The van der Waals surface area contributed by atoms with E-state index in [1.807, 2.05) is 0 Å². The van der Waals surface area contributed by atoms with Gasteiger partial charge in [-0.25, -0.2) is 17.9 Å². The van der Waals surface area contributed by atoms with Crippen molar-refractivity contribution in [3.8, 4) is 0 Å². The number of ether oxygens (including phenoxy) is 1. The molecule has 0 aliphatic rings. The van der Waals surface area contributed by atoms with Crippen LogP contribution in [0.2, 0.25) is 5.02 Å². The minimum Gasteiger partial charge on any atom is -0.449 e. The molecule has 0 unspecified atom stereocenters. The second-order valence-corrected chi connectivity index (χ2v) is 7.35. The van der Waals surface area contributed by atoms with E-state index in [2.05, 4.69) is 10.0 Å². The molecule has 1 rings (SSSR count). The fourth-order valence-electron chi connectivity index (χ4n) is 1.63. The molecule has 0 saturated carbocycles. The van der Waals surface area contributed by atoms with Crippen molar-refractivity contribution in [3.05, 3.63) is 28.8 Å². The molecule has 0 heterocycles. The number of esters is 1. The van der Waals surface area contributed by atoms with Crippen LogP contribution in [0.25, 0.3) is 0 Å². The molecule has 1 aromatic carbocycles. The van der Waals surface area contributed by atoms with Gasteiger partial charge < -0.3 is 10.1 Å². The maximum Gasteiger partial charge on any atom is 0.340 e. The van der Waals surface area contributed by atoms with Gasteiger partial charge in [-0.2, -0.15) is 0 Å². The van der Waals surface area contributed by atoms with Crippen molar-refractivity contribution in [1.82, 2.24) is 10.0 Å². The molecule has 128 valence electrons. The van der Waals surface area contributed by atoms with Gasteiger partial charge in [0.15, 0.2) is 6.10 Å². The van der Waals surface area contributed by atoms with Gasteiger partial charge in [-0.1, -0.05) is 11.6 Å². The molecule has 0 saturated heterocycles. The number of carbonyl (C=O) groups excluding carboxylic acids is 2. The first-order valence-corrected chi connectivity index (χ1v) is 8.69. The van der Waals surface area contributed by atoms with E-state index in [-0.39, 0.29) is 21.5 Å². The molecule has 1 aromatic rings. The summed E-state index contributed by atoms with van der Waals surface area (Å²) in [5.74, 6) is -1.34. The molecule has 0 spiro atoms. The zero-order chi connectivity index (χ0) is 17.8. The molecule has 2 N–H and O–H groups in total. The summed E-state index contributed by atoms with van der Waals surface area (Å²) in [5.41, 5.74) is -0.132. The largest absolute Gasteiger partial charge is 0.449 e. The van der Waals surface area contributed by atoms with Gasteiger partial charge in [0.05, 0.1) is 15.5 Å². The first kappa shape index (κ1) is 19.4. The van der Waals surface area contributed by atoms with Gasteiger partial charge in [-0.3, -0.25) is 4.79 Å². The first-order chi connectivity index (χ1) is 10.6. The van der Waals surface area contributed by atoms with Crippen LogP contribution in [0.5, 0.6) is 0 Å². The minimum absolute atomic E-state index is 0.0292. The van der Waals surface area contributed by atoms with Crippen LogP contribution in [-0.4, -0.2) is 39.5 Å². The summed E-state index contributed by atoms with van der Waals surface area (Å²) < 4.78 is 30.7. The maximum absolute atomic E-state index is 12.1. The van der Waals surface area contributed by atoms with Crippen molar-refractivity contribution < 1.29 is 22.7 Å². The van der Waals surface area contributed by atoms with Crippen molar-refractivity contribution in [2.24, 2.45) is 0 Å². The van der Waals surface area contributed by atoms with Crippen LogP contribution in [0.1, 0.15) is 31.1 Å². The summed E-state index contributed by atoms with van der Waals surface area (Å²) in [6, 6.07) is 3.54. The summed E-state index contributed by atoms with van der Waals surface area (Å²) in [6.07, 6.45) is -1.04. The number of hydrogen-bond donors (Lipinski definition) is 2. The average Bonchev–Trinajstić information content (AvgIpc) is 2.46. The number of amides is 1. The molecular weight excluding hydrogens is 344 g/mol. The number of sulfonamides is 1. The molecular formula is C14H19ClN2O5S. The van der Waals surface area contributed by atoms with Crippen molar-refractivity contribution in [3.63, 3.8) is 0 Å². The van der Waals surface area contributed by atoms with Crippen LogP contribution in [0.15, 0.2) is 23.1 Å². The Morgan fingerprint density at radius 2 is 1.83 bits per heavy atom. The molecule has 23 heavy (non-hydrogen) atoms. The summed E-state index contributed by atoms with van der Waals surface area (Å²) in [6.45, 7) is 4.96. The van der Waals surface area contributed by atoms with E-state index in [1.54, 1.807) is 13.8 Å². The first-order valence-electron chi connectivity index (χ1n) is 6.83. The predicted molar refractivity (Wildman–Crippen MR) is 85.9 cm³/mol. The summed E-state index contributed by atoms with van der Waals surface area (Å²) in [5, 5.41) is 2.63. The Labute approximate surface area is 140 Å². The highest BCUT2D eigenvalue weighted by Gasteiger charge is 2.23. The van der Waals surface area contributed by atoms with Crippen LogP contribution >= 0.6 is 11.6 Å².